The zero-order valence-electron chi connectivity index (χ0n) is 10.5. The lowest BCUT2D eigenvalue weighted by Crippen LogP contribution is -1.71. The van der Waals surface area contributed by atoms with Crippen LogP contribution in [0.4, 0.5) is 0 Å². The molecular formula is C18H18. The van der Waals surface area contributed by atoms with Crippen LogP contribution in [0.25, 0.3) is 12.2 Å². The molecule has 0 bridgehead atoms. The highest BCUT2D eigenvalue weighted by molar-refractivity contribution is 5.50. The average Bonchev–Trinajstić information content (AvgIpc) is 2.45. The lowest BCUT2D eigenvalue weighted by Gasteiger charge is -1.92. The summed E-state index contributed by atoms with van der Waals surface area (Å²) in [7, 11) is 0. The molecule has 0 saturated heterocycles. The van der Waals surface area contributed by atoms with Crippen LogP contribution >= 0.6 is 0 Å². The van der Waals surface area contributed by atoms with Gasteiger partial charge in [0.1, 0.15) is 0 Å². The summed E-state index contributed by atoms with van der Waals surface area (Å²) in [6, 6.07) is 20.8. The van der Waals surface area contributed by atoms with Crippen LogP contribution in [-0.2, 0) is 0 Å². The van der Waals surface area contributed by atoms with Gasteiger partial charge in [-0.1, -0.05) is 85.0 Å². The number of rotatable bonds is 5. The average molecular weight is 234 g/mol. The number of unbranched alkanes of at least 4 members (excludes halogenated alkanes) is 1. The quantitative estimate of drug-likeness (QED) is 0.624. The molecule has 0 heteroatoms. The Hall–Kier alpha value is -2.08. The maximum atomic E-state index is 2.23. The highest BCUT2D eigenvalue weighted by Crippen LogP contribution is 2.05. The number of benzene rings is 2. The molecule has 0 radical (unpaired) electrons. The third kappa shape index (κ3) is 4.42. The first-order valence-corrected chi connectivity index (χ1v) is 6.38. The van der Waals surface area contributed by atoms with E-state index in [-0.39, 0.29) is 0 Å². The summed E-state index contributed by atoms with van der Waals surface area (Å²) in [5, 5.41) is 0. The Labute approximate surface area is 109 Å². The molecule has 0 spiro atoms. The van der Waals surface area contributed by atoms with Crippen molar-refractivity contribution in [1.82, 2.24) is 0 Å². The van der Waals surface area contributed by atoms with Crippen LogP contribution in [0.3, 0.4) is 0 Å². The van der Waals surface area contributed by atoms with E-state index in [0.717, 1.165) is 12.8 Å². The monoisotopic (exact) mass is 234 g/mol. The normalized spacial score (nSPS) is 11.3. The summed E-state index contributed by atoms with van der Waals surface area (Å²) in [6.07, 6.45) is 11.0. The molecule has 0 nitrogen and oxygen atoms in total. The Morgan fingerprint density at radius 1 is 0.556 bits per heavy atom. The molecule has 90 valence electrons. The second-order valence-corrected chi connectivity index (χ2v) is 4.20. The summed E-state index contributed by atoms with van der Waals surface area (Å²) < 4.78 is 0. The van der Waals surface area contributed by atoms with Crippen molar-refractivity contribution >= 4 is 12.2 Å². The molecule has 0 aliphatic rings. The summed E-state index contributed by atoms with van der Waals surface area (Å²) in [4.78, 5) is 0. The van der Waals surface area contributed by atoms with Crippen LogP contribution in [0, 0.1) is 0 Å². The zero-order valence-corrected chi connectivity index (χ0v) is 10.5. The summed E-state index contributed by atoms with van der Waals surface area (Å²) >= 11 is 0. The van der Waals surface area contributed by atoms with E-state index in [1.807, 2.05) is 12.1 Å². The van der Waals surface area contributed by atoms with Gasteiger partial charge in [-0.2, -0.15) is 0 Å². The van der Waals surface area contributed by atoms with Gasteiger partial charge in [0.15, 0.2) is 0 Å². The predicted octanol–water partition coefficient (Wildman–Crippen LogP) is 5.19. The van der Waals surface area contributed by atoms with Gasteiger partial charge in [0, 0.05) is 0 Å². The van der Waals surface area contributed by atoms with Gasteiger partial charge in [-0.05, 0) is 24.0 Å². The van der Waals surface area contributed by atoms with Crippen molar-refractivity contribution in [3.8, 4) is 0 Å². The summed E-state index contributed by atoms with van der Waals surface area (Å²) in [5.41, 5.74) is 2.54. The van der Waals surface area contributed by atoms with Crippen molar-refractivity contribution in [1.29, 1.82) is 0 Å². The Balaban J connectivity index is 1.73. The van der Waals surface area contributed by atoms with E-state index in [4.69, 9.17) is 0 Å². The minimum absolute atomic E-state index is 1.08. The van der Waals surface area contributed by atoms with Gasteiger partial charge in [-0.25, -0.2) is 0 Å². The number of hydrogen-bond donors (Lipinski definition) is 0. The molecule has 0 amide bonds. The smallest absolute Gasteiger partial charge is 0.0260 e. The lowest BCUT2D eigenvalue weighted by molar-refractivity contribution is 1.06. The van der Waals surface area contributed by atoms with Crippen molar-refractivity contribution in [3.63, 3.8) is 0 Å². The van der Waals surface area contributed by atoms with Crippen molar-refractivity contribution in [2.75, 3.05) is 0 Å². The molecule has 0 saturated carbocycles. The third-order valence-corrected chi connectivity index (χ3v) is 2.72. The fourth-order valence-corrected chi connectivity index (χ4v) is 1.76. The van der Waals surface area contributed by atoms with Gasteiger partial charge in [0.25, 0.3) is 0 Å². The zero-order chi connectivity index (χ0) is 12.5. The fourth-order valence-electron chi connectivity index (χ4n) is 1.76. The minimum atomic E-state index is 1.08. The molecule has 2 rings (SSSR count). The molecular weight excluding hydrogens is 216 g/mol. The van der Waals surface area contributed by atoms with Crippen LogP contribution in [0.1, 0.15) is 24.0 Å². The third-order valence-electron chi connectivity index (χ3n) is 2.72. The summed E-state index contributed by atoms with van der Waals surface area (Å²) in [5.74, 6) is 0. The Kier molecular flexibility index (Phi) is 5.01. The Bertz CT molecular complexity index is 443. The predicted molar refractivity (Wildman–Crippen MR) is 80.2 cm³/mol. The fraction of sp³-hybridized carbons (Fsp3) is 0.111. The first-order chi connectivity index (χ1) is 8.95. The SMILES string of the molecule is C(=Cc1ccccc1)CC/C=C/c1ccccc1. The highest BCUT2D eigenvalue weighted by Gasteiger charge is 1.84. The number of hydrogen-bond acceptors (Lipinski definition) is 0. The van der Waals surface area contributed by atoms with Crippen LogP contribution in [0.5, 0.6) is 0 Å². The van der Waals surface area contributed by atoms with Gasteiger partial charge >= 0.3 is 0 Å². The van der Waals surface area contributed by atoms with E-state index >= 15 is 0 Å². The van der Waals surface area contributed by atoms with Crippen molar-refractivity contribution in [3.05, 3.63) is 83.9 Å². The van der Waals surface area contributed by atoms with Crippen molar-refractivity contribution in [2.45, 2.75) is 12.8 Å². The van der Waals surface area contributed by atoms with Gasteiger partial charge < -0.3 is 0 Å². The molecule has 0 N–H and O–H groups in total. The van der Waals surface area contributed by atoms with Gasteiger partial charge in [-0.3, -0.25) is 0 Å². The van der Waals surface area contributed by atoms with Crippen molar-refractivity contribution in [2.24, 2.45) is 0 Å². The maximum Gasteiger partial charge on any atom is -0.0260 e. The standard InChI is InChI=1S/C18H18/c1(5-11-17-13-7-3-8-14-17)2-6-12-18-15-9-4-10-16-18/h3-16H,1-2H2/b11-5+,12-6?. The van der Waals surface area contributed by atoms with Crippen LogP contribution in [-0.4, -0.2) is 0 Å². The van der Waals surface area contributed by atoms with E-state index < -0.39 is 0 Å². The lowest BCUT2D eigenvalue weighted by atomic mass is 10.1. The van der Waals surface area contributed by atoms with Crippen LogP contribution in [0.2, 0.25) is 0 Å². The number of allylic oxidation sites excluding steroid dienone is 2. The van der Waals surface area contributed by atoms with E-state index in [9.17, 15) is 0 Å². The molecule has 2 aromatic carbocycles. The second kappa shape index (κ2) is 7.29. The largest absolute Gasteiger partial charge is 0.0836 e. The maximum absolute atomic E-state index is 2.23. The highest BCUT2D eigenvalue weighted by atomic mass is 13.9. The molecule has 0 heterocycles. The first-order valence-electron chi connectivity index (χ1n) is 6.38. The topological polar surface area (TPSA) is 0 Å². The van der Waals surface area contributed by atoms with E-state index in [1.54, 1.807) is 0 Å². The first kappa shape index (κ1) is 12.4. The molecule has 0 aliphatic carbocycles. The van der Waals surface area contributed by atoms with Gasteiger partial charge in [0.05, 0.1) is 0 Å². The molecule has 2 aromatic rings. The second-order valence-electron chi connectivity index (χ2n) is 4.20. The molecule has 0 aliphatic heterocycles. The molecule has 0 atom stereocenters. The minimum Gasteiger partial charge on any atom is -0.0836 e. The van der Waals surface area contributed by atoms with Gasteiger partial charge in [-0.15, -0.1) is 0 Å². The molecule has 18 heavy (non-hydrogen) atoms. The van der Waals surface area contributed by atoms with Crippen LogP contribution < -0.4 is 0 Å². The van der Waals surface area contributed by atoms with Crippen molar-refractivity contribution < 1.29 is 0 Å². The van der Waals surface area contributed by atoms with Crippen LogP contribution in [0.15, 0.2) is 72.8 Å². The Morgan fingerprint density at radius 2 is 0.944 bits per heavy atom. The van der Waals surface area contributed by atoms with E-state index in [0.29, 0.717) is 0 Å². The van der Waals surface area contributed by atoms with Gasteiger partial charge in [0.2, 0.25) is 0 Å². The Morgan fingerprint density at radius 3 is 1.33 bits per heavy atom. The van der Waals surface area contributed by atoms with E-state index in [2.05, 4.69) is 72.8 Å². The molecule has 0 fully saturated rings. The molecule has 0 unspecified atom stereocenters. The van der Waals surface area contributed by atoms with E-state index in [1.165, 1.54) is 11.1 Å². The summed E-state index contributed by atoms with van der Waals surface area (Å²) in [6.45, 7) is 0. The molecule has 0 aromatic heterocycles.